The van der Waals surface area contributed by atoms with Gasteiger partial charge in [-0.05, 0) is 38.1 Å². The van der Waals surface area contributed by atoms with Gasteiger partial charge in [-0.2, -0.15) is 5.10 Å². The maximum atomic E-state index is 13.3. The van der Waals surface area contributed by atoms with E-state index in [0.717, 1.165) is 16.1 Å². The quantitative estimate of drug-likeness (QED) is 0.558. The van der Waals surface area contributed by atoms with E-state index in [2.05, 4.69) is 20.6 Å². The van der Waals surface area contributed by atoms with E-state index in [4.69, 9.17) is 0 Å². The minimum absolute atomic E-state index is 0.333. The third-order valence-electron chi connectivity index (χ3n) is 4.12. The first-order valence-corrected chi connectivity index (χ1v) is 9.35. The van der Waals surface area contributed by atoms with Gasteiger partial charge >= 0.3 is 0 Å². The van der Waals surface area contributed by atoms with Crippen molar-refractivity contribution in [1.82, 2.24) is 20.0 Å². The number of hydrogen-bond acceptors (Lipinski definition) is 5. The number of nitrogens with zero attached hydrogens (tertiary/aromatic N) is 4. The highest BCUT2D eigenvalue weighted by Crippen LogP contribution is 2.26. The molecule has 0 saturated heterocycles. The first kappa shape index (κ1) is 18.0. The summed E-state index contributed by atoms with van der Waals surface area (Å²) in [4.78, 5) is 12.9. The molecule has 28 heavy (non-hydrogen) atoms. The molecule has 0 bridgehead atoms. The molecular weight excluding hydrogens is 377 g/mol. The normalized spacial score (nSPS) is 10.8. The summed E-state index contributed by atoms with van der Waals surface area (Å²) in [6.07, 6.45) is 1.63. The Balaban J connectivity index is 1.76. The van der Waals surface area contributed by atoms with Crippen LogP contribution in [0.25, 0.3) is 16.9 Å². The van der Waals surface area contributed by atoms with Gasteiger partial charge in [0.2, 0.25) is 5.13 Å². The lowest BCUT2D eigenvalue weighted by molar-refractivity contribution is 0.102. The lowest BCUT2D eigenvalue weighted by Crippen LogP contribution is -2.12. The predicted molar refractivity (Wildman–Crippen MR) is 106 cm³/mol. The molecule has 0 unspecified atom stereocenters. The van der Waals surface area contributed by atoms with Crippen LogP contribution in [0.2, 0.25) is 0 Å². The summed E-state index contributed by atoms with van der Waals surface area (Å²) in [5, 5.41) is 16.4. The molecule has 1 N–H and O–H groups in total. The lowest BCUT2D eigenvalue weighted by atomic mass is 10.1. The van der Waals surface area contributed by atoms with Gasteiger partial charge in [0.05, 0.1) is 11.3 Å². The summed E-state index contributed by atoms with van der Waals surface area (Å²) in [6, 6.07) is 13.7. The van der Waals surface area contributed by atoms with E-state index >= 15 is 0 Å². The van der Waals surface area contributed by atoms with Crippen LogP contribution >= 0.6 is 11.3 Å². The lowest BCUT2D eigenvalue weighted by Gasteiger charge is -2.03. The van der Waals surface area contributed by atoms with Gasteiger partial charge in [0.1, 0.15) is 16.5 Å². The number of amides is 1. The van der Waals surface area contributed by atoms with Gasteiger partial charge in [0.25, 0.3) is 5.91 Å². The molecule has 0 saturated carbocycles. The van der Waals surface area contributed by atoms with Gasteiger partial charge in [0, 0.05) is 11.8 Å². The summed E-state index contributed by atoms with van der Waals surface area (Å²) in [7, 11) is 0. The zero-order valence-electron chi connectivity index (χ0n) is 15.2. The molecule has 0 radical (unpaired) electrons. The summed E-state index contributed by atoms with van der Waals surface area (Å²) in [5.41, 5.74) is 3.49. The SMILES string of the molecule is Cc1ccc(-c2nn(-c3ccc(F)cc3)cc2C(=O)Nc2nnc(C)s2)cc1. The van der Waals surface area contributed by atoms with Crippen LogP contribution in [0, 0.1) is 19.7 Å². The van der Waals surface area contributed by atoms with E-state index in [1.165, 1.54) is 23.5 Å². The average Bonchev–Trinajstić information content (AvgIpc) is 3.29. The summed E-state index contributed by atoms with van der Waals surface area (Å²) < 4.78 is 14.8. The Labute approximate surface area is 164 Å². The molecule has 140 valence electrons. The molecule has 4 rings (SSSR count). The number of aromatic nitrogens is 4. The Morgan fingerprint density at radius 1 is 1.04 bits per heavy atom. The number of aryl methyl sites for hydroxylation is 2. The van der Waals surface area contributed by atoms with Crippen LogP contribution < -0.4 is 5.32 Å². The number of benzene rings is 2. The average molecular weight is 393 g/mol. The molecule has 0 atom stereocenters. The van der Waals surface area contributed by atoms with E-state index in [-0.39, 0.29) is 11.7 Å². The van der Waals surface area contributed by atoms with Gasteiger partial charge in [0.15, 0.2) is 0 Å². The highest BCUT2D eigenvalue weighted by atomic mass is 32.1. The van der Waals surface area contributed by atoms with Gasteiger partial charge in [-0.3, -0.25) is 10.1 Å². The molecule has 0 aliphatic rings. The minimum Gasteiger partial charge on any atom is -0.296 e. The van der Waals surface area contributed by atoms with Crippen LogP contribution in [0.5, 0.6) is 0 Å². The molecule has 0 aliphatic carbocycles. The molecule has 1 amide bonds. The summed E-state index contributed by atoms with van der Waals surface area (Å²) in [5.74, 6) is -0.667. The predicted octanol–water partition coefficient (Wildman–Crippen LogP) is 4.40. The zero-order valence-corrected chi connectivity index (χ0v) is 16.0. The number of nitrogens with one attached hydrogen (secondary N) is 1. The van der Waals surface area contributed by atoms with Crippen molar-refractivity contribution in [3.05, 3.63) is 76.7 Å². The maximum absolute atomic E-state index is 13.3. The van der Waals surface area contributed by atoms with E-state index in [1.54, 1.807) is 23.0 Å². The number of rotatable bonds is 4. The maximum Gasteiger partial charge on any atom is 0.261 e. The first-order chi connectivity index (χ1) is 13.5. The third kappa shape index (κ3) is 3.67. The van der Waals surface area contributed by atoms with Crippen molar-refractivity contribution >= 4 is 22.4 Å². The second-order valence-electron chi connectivity index (χ2n) is 6.26. The number of anilines is 1. The second-order valence-corrected chi connectivity index (χ2v) is 7.44. The van der Waals surface area contributed by atoms with Gasteiger partial charge in [-0.1, -0.05) is 41.2 Å². The molecule has 4 aromatic rings. The van der Waals surface area contributed by atoms with Gasteiger partial charge in [-0.25, -0.2) is 9.07 Å². The highest BCUT2D eigenvalue weighted by Gasteiger charge is 2.20. The van der Waals surface area contributed by atoms with E-state index in [0.29, 0.717) is 22.1 Å². The standard InChI is InChI=1S/C20H16FN5OS/c1-12-3-5-14(6-4-12)18-17(19(27)22-20-24-23-13(2)28-20)11-26(25-18)16-9-7-15(21)8-10-16/h3-11H,1-2H3,(H,22,24,27). The molecule has 2 heterocycles. The van der Waals surface area contributed by atoms with E-state index < -0.39 is 0 Å². The van der Waals surface area contributed by atoms with Crippen LogP contribution in [0.3, 0.4) is 0 Å². The fraction of sp³-hybridized carbons (Fsp3) is 0.100. The van der Waals surface area contributed by atoms with Crippen LogP contribution in [0.15, 0.2) is 54.7 Å². The van der Waals surface area contributed by atoms with E-state index in [1.807, 2.05) is 38.1 Å². The van der Waals surface area contributed by atoms with Crippen molar-refractivity contribution in [1.29, 1.82) is 0 Å². The molecular formula is C20H16FN5OS. The Hall–Kier alpha value is -3.39. The van der Waals surface area contributed by atoms with Crippen molar-refractivity contribution in [3.8, 4) is 16.9 Å². The molecule has 0 fully saturated rings. The highest BCUT2D eigenvalue weighted by molar-refractivity contribution is 7.15. The van der Waals surface area contributed by atoms with Crippen molar-refractivity contribution < 1.29 is 9.18 Å². The molecule has 2 aromatic carbocycles. The number of hydrogen-bond donors (Lipinski definition) is 1. The minimum atomic E-state index is -0.334. The Morgan fingerprint density at radius 2 is 1.75 bits per heavy atom. The molecule has 0 spiro atoms. The Morgan fingerprint density at radius 3 is 2.39 bits per heavy atom. The Bertz CT molecular complexity index is 1130. The zero-order chi connectivity index (χ0) is 19.7. The number of carbonyl (C=O) groups excluding carboxylic acids is 1. The smallest absolute Gasteiger partial charge is 0.261 e. The number of halogens is 1. The van der Waals surface area contributed by atoms with Crippen molar-refractivity contribution in [3.63, 3.8) is 0 Å². The van der Waals surface area contributed by atoms with Gasteiger partial charge < -0.3 is 0 Å². The van der Waals surface area contributed by atoms with Crippen LogP contribution in [0.4, 0.5) is 9.52 Å². The monoisotopic (exact) mass is 393 g/mol. The first-order valence-electron chi connectivity index (χ1n) is 8.54. The largest absolute Gasteiger partial charge is 0.296 e. The van der Waals surface area contributed by atoms with Gasteiger partial charge in [-0.15, -0.1) is 10.2 Å². The molecule has 6 nitrogen and oxygen atoms in total. The fourth-order valence-electron chi connectivity index (χ4n) is 2.70. The van der Waals surface area contributed by atoms with Crippen molar-refractivity contribution in [2.75, 3.05) is 5.32 Å². The molecule has 0 aliphatic heterocycles. The van der Waals surface area contributed by atoms with Crippen molar-refractivity contribution in [2.45, 2.75) is 13.8 Å². The topological polar surface area (TPSA) is 72.7 Å². The third-order valence-corrected chi connectivity index (χ3v) is 4.88. The van der Waals surface area contributed by atoms with Crippen LogP contribution in [0.1, 0.15) is 20.9 Å². The Kier molecular flexibility index (Phi) is 4.70. The second kappa shape index (κ2) is 7.32. The van der Waals surface area contributed by atoms with Crippen LogP contribution in [-0.2, 0) is 0 Å². The molecule has 8 heteroatoms. The molecule has 2 aromatic heterocycles. The fourth-order valence-corrected chi connectivity index (χ4v) is 3.29. The van der Waals surface area contributed by atoms with E-state index in [9.17, 15) is 9.18 Å². The number of carbonyl (C=O) groups is 1. The summed E-state index contributed by atoms with van der Waals surface area (Å²) in [6.45, 7) is 3.81. The van der Waals surface area contributed by atoms with Crippen molar-refractivity contribution in [2.24, 2.45) is 0 Å². The van der Waals surface area contributed by atoms with Crippen LogP contribution in [-0.4, -0.2) is 25.9 Å². The summed E-state index contributed by atoms with van der Waals surface area (Å²) >= 11 is 1.30.